The van der Waals surface area contributed by atoms with E-state index in [0.717, 1.165) is 20.5 Å². The number of nitrogens with one attached hydrogen (secondary N) is 2. The van der Waals surface area contributed by atoms with Crippen molar-refractivity contribution in [3.8, 4) is 11.1 Å². The van der Waals surface area contributed by atoms with E-state index in [9.17, 15) is 4.79 Å². The fraction of sp³-hybridized carbons (Fsp3) is 0.105. The van der Waals surface area contributed by atoms with Gasteiger partial charge in [-0.25, -0.2) is 9.78 Å². The number of nitrogens with zero attached hydrogens (tertiary/aromatic N) is 1. The fourth-order valence-corrected chi connectivity index (χ4v) is 4.16. The van der Waals surface area contributed by atoms with E-state index in [0.29, 0.717) is 21.5 Å². The molecule has 3 rings (SSSR count). The van der Waals surface area contributed by atoms with Gasteiger partial charge in [-0.2, -0.15) is 0 Å². The summed E-state index contributed by atoms with van der Waals surface area (Å²) in [5, 5.41) is 7.09. The van der Waals surface area contributed by atoms with Crippen LogP contribution in [0.4, 0.5) is 10.8 Å². The van der Waals surface area contributed by atoms with E-state index in [2.05, 4.69) is 31.5 Å². The normalized spacial score (nSPS) is 10.3. The number of aryl methyl sites for hydroxylation is 1. The van der Waals surface area contributed by atoms with Gasteiger partial charge in [-0.15, -0.1) is 11.3 Å². The number of halogens is 1. The van der Waals surface area contributed by atoms with Crippen LogP contribution in [0.5, 0.6) is 0 Å². The molecule has 8 heteroatoms. The number of pyridine rings is 1. The van der Waals surface area contributed by atoms with Gasteiger partial charge in [0.1, 0.15) is 16.4 Å². The van der Waals surface area contributed by atoms with Gasteiger partial charge in [0.15, 0.2) is 5.11 Å². The summed E-state index contributed by atoms with van der Waals surface area (Å²) in [6.07, 6.45) is 1.67. The highest BCUT2D eigenvalue weighted by molar-refractivity contribution is 9.10. The Balaban J connectivity index is 1.92. The predicted molar refractivity (Wildman–Crippen MR) is 118 cm³/mol. The van der Waals surface area contributed by atoms with Crippen LogP contribution in [0.1, 0.15) is 15.2 Å². The van der Waals surface area contributed by atoms with Gasteiger partial charge in [0.2, 0.25) is 0 Å². The van der Waals surface area contributed by atoms with Crippen LogP contribution in [-0.2, 0) is 4.74 Å². The number of carbonyl (C=O) groups is 1. The highest BCUT2D eigenvalue weighted by Crippen LogP contribution is 2.40. The van der Waals surface area contributed by atoms with Crippen LogP contribution in [0.3, 0.4) is 0 Å². The molecule has 1 aromatic carbocycles. The lowest BCUT2D eigenvalue weighted by Crippen LogP contribution is -2.20. The average molecular weight is 462 g/mol. The molecule has 138 valence electrons. The minimum absolute atomic E-state index is 0.343. The van der Waals surface area contributed by atoms with Crippen molar-refractivity contribution in [3.63, 3.8) is 0 Å². The molecule has 0 unspecified atom stereocenters. The Bertz CT molecular complexity index is 973. The van der Waals surface area contributed by atoms with Crippen LogP contribution in [0.2, 0.25) is 0 Å². The Morgan fingerprint density at radius 2 is 1.93 bits per heavy atom. The number of rotatable bonds is 4. The first kappa shape index (κ1) is 19.5. The first-order valence-corrected chi connectivity index (χ1v) is 9.98. The molecule has 0 saturated heterocycles. The van der Waals surface area contributed by atoms with E-state index < -0.39 is 5.97 Å². The van der Waals surface area contributed by atoms with Gasteiger partial charge in [0.25, 0.3) is 0 Å². The lowest BCUT2D eigenvalue weighted by Gasteiger charge is -2.11. The Labute approximate surface area is 174 Å². The highest BCUT2D eigenvalue weighted by atomic mass is 79.9. The average Bonchev–Trinajstić information content (AvgIpc) is 2.99. The number of hydrogen-bond acceptors (Lipinski definition) is 5. The van der Waals surface area contributed by atoms with Gasteiger partial charge in [-0.1, -0.05) is 30.3 Å². The number of carbonyl (C=O) groups excluding carboxylic acids is 1. The molecule has 0 atom stereocenters. The van der Waals surface area contributed by atoms with Crippen molar-refractivity contribution in [1.29, 1.82) is 0 Å². The number of thiophene rings is 1. The van der Waals surface area contributed by atoms with Gasteiger partial charge in [-0.3, -0.25) is 0 Å². The third-order valence-corrected chi connectivity index (χ3v) is 5.43. The Morgan fingerprint density at radius 1 is 1.19 bits per heavy atom. The largest absolute Gasteiger partial charge is 0.465 e. The fourth-order valence-electron chi connectivity index (χ4n) is 2.58. The number of benzene rings is 1. The molecule has 0 aliphatic carbocycles. The van der Waals surface area contributed by atoms with E-state index in [4.69, 9.17) is 17.0 Å². The van der Waals surface area contributed by atoms with E-state index >= 15 is 0 Å². The van der Waals surface area contributed by atoms with Crippen molar-refractivity contribution in [2.45, 2.75) is 6.92 Å². The zero-order valence-electron chi connectivity index (χ0n) is 14.6. The molecule has 0 radical (unpaired) electrons. The topological polar surface area (TPSA) is 63.2 Å². The van der Waals surface area contributed by atoms with E-state index in [1.54, 1.807) is 12.3 Å². The molecule has 0 aliphatic heterocycles. The van der Waals surface area contributed by atoms with Gasteiger partial charge in [0, 0.05) is 21.1 Å². The maximum atomic E-state index is 12.5. The summed E-state index contributed by atoms with van der Waals surface area (Å²) in [6, 6.07) is 13.4. The second kappa shape index (κ2) is 8.60. The first-order chi connectivity index (χ1) is 13.0. The molecule has 0 aliphatic rings. The Kier molecular flexibility index (Phi) is 6.20. The molecule has 2 N–H and O–H groups in total. The number of ether oxygens (including phenoxy) is 1. The van der Waals surface area contributed by atoms with Gasteiger partial charge >= 0.3 is 5.97 Å². The first-order valence-electron chi connectivity index (χ1n) is 7.96. The summed E-state index contributed by atoms with van der Waals surface area (Å²) >= 11 is 10.2. The second-order valence-electron chi connectivity index (χ2n) is 5.54. The summed E-state index contributed by atoms with van der Waals surface area (Å²) in [6.45, 7) is 1.97. The maximum absolute atomic E-state index is 12.5. The minimum atomic E-state index is -0.412. The third-order valence-electron chi connectivity index (χ3n) is 3.73. The summed E-state index contributed by atoms with van der Waals surface area (Å²) in [5.74, 6) is 0.192. The number of anilines is 2. The summed E-state index contributed by atoms with van der Waals surface area (Å²) < 4.78 is 5.89. The number of aromatic nitrogens is 1. The van der Waals surface area contributed by atoms with Crippen LogP contribution in [0.25, 0.3) is 11.1 Å². The van der Waals surface area contributed by atoms with Crippen LogP contribution >= 0.6 is 39.5 Å². The Hall–Kier alpha value is -2.29. The molecule has 2 aromatic heterocycles. The molecule has 2 heterocycles. The second-order valence-corrected chi connectivity index (χ2v) is 8.08. The maximum Gasteiger partial charge on any atom is 0.341 e. The third kappa shape index (κ3) is 4.52. The standard InChI is InChI=1S/C19H16BrN3O2S2/c1-11-15(12-6-4-3-5-7-12)16(18(24)25-2)17(27-11)23-19(26)22-14-9-8-13(20)10-21-14/h3-10H,1-2H3,(H2,21,22,23,26). The van der Waals surface area contributed by atoms with Crippen molar-refractivity contribution < 1.29 is 9.53 Å². The van der Waals surface area contributed by atoms with Crippen LogP contribution in [-0.4, -0.2) is 23.2 Å². The molecule has 3 aromatic rings. The Morgan fingerprint density at radius 3 is 2.56 bits per heavy atom. The predicted octanol–water partition coefficient (Wildman–Crippen LogP) is 5.48. The van der Waals surface area contributed by atoms with E-state index in [1.807, 2.05) is 43.3 Å². The summed E-state index contributed by atoms with van der Waals surface area (Å²) in [5.41, 5.74) is 2.27. The monoisotopic (exact) mass is 461 g/mol. The highest BCUT2D eigenvalue weighted by Gasteiger charge is 2.24. The van der Waals surface area contributed by atoms with Crippen molar-refractivity contribution in [2.24, 2.45) is 0 Å². The SMILES string of the molecule is COC(=O)c1c(NC(=S)Nc2ccc(Br)cn2)sc(C)c1-c1ccccc1. The summed E-state index contributed by atoms with van der Waals surface area (Å²) in [7, 11) is 1.37. The van der Waals surface area contributed by atoms with Gasteiger partial charge < -0.3 is 15.4 Å². The number of methoxy groups -OCH3 is 1. The van der Waals surface area contributed by atoms with E-state index in [1.165, 1.54) is 18.4 Å². The lowest BCUT2D eigenvalue weighted by atomic mass is 10.0. The van der Waals surface area contributed by atoms with Gasteiger partial charge in [-0.05, 0) is 52.8 Å². The van der Waals surface area contributed by atoms with Crippen LogP contribution in [0, 0.1) is 6.92 Å². The van der Waals surface area contributed by atoms with E-state index in [-0.39, 0.29) is 0 Å². The zero-order chi connectivity index (χ0) is 19.4. The van der Waals surface area contributed by atoms with Crippen LogP contribution in [0.15, 0.2) is 53.1 Å². The number of esters is 1. The molecule has 0 spiro atoms. The van der Waals surface area contributed by atoms with Crippen molar-refractivity contribution in [3.05, 3.63) is 63.6 Å². The van der Waals surface area contributed by atoms with Crippen molar-refractivity contribution in [2.75, 3.05) is 17.7 Å². The van der Waals surface area contributed by atoms with Gasteiger partial charge in [0.05, 0.1) is 7.11 Å². The molecule has 0 saturated carbocycles. The number of thiocarbonyl (C=S) groups is 1. The van der Waals surface area contributed by atoms with Crippen molar-refractivity contribution >= 4 is 61.4 Å². The smallest absolute Gasteiger partial charge is 0.341 e. The molecule has 0 bridgehead atoms. The molecule has 27 heavy (non-hydrogen) atoms. The van der Waals surface area contributed by atoms with Crippen molar-refractivity contribution in [1.82, 2.24) is 4.98 Å². The zero-order valence-corrected chi connectivity index (χ0v) is 17.8. The number of hydrogen-bond donors (Lipinski definition) is 2. The molecule has 0 amide bonds. The minimum Gasteiger partial charge on any atom is -0.465 e. The molecular formula is C19H16BrN3O2S2. The summed E-state index contributed by atoms with van der Waals surface area (Å²) in [4.78, 5) is 17.7. The lowest BCUT2D eigenvalue weighted by molar-refractivity contribution is 0.0603. The van der Waals surface area contributed by atoms with Crippen LogP contribution < -0.4 is 10.6 Å². The molecular weight excluding hydrogens is 446 g/mol. The molecule has 0 fully saturated rings. The quantitative estimate of drug-likeness (QED) is 0.396. The molecule has 5 nitrogen and oxygen atoms in total.